The zero-order valence-corrected chi connectivity index (χ0v) is 24.4. The molecule has 1 rings (SSSR count). The van der Waals surface area contributed by atoms with Gasteiger partial charge in [-0.05, 0) is 31.1 Å². The summed E-state index contributed by atoms with van der Waals surface area (Å²) in [6, 6.07) is -3.94. The highest BCUT2D eigenvalue weighted by Crippen LogP contribution is 2.29. The van der Waals surface area contributed by atoms with Crippen LogP contribution in [0.15, 0.2) is 0 Å². The van der Waals surface area contributed by atoms with Crippen LogP contribution >= 0.6 is 0 Å². The first kappa shape index (κ1) is 33.5. The lowest BCUT2D eigenvalue weighted by molar-refractivity contribution is -0.141. The molecule has 0 saturated carbocycles. The molecule has 11 nitrogen and oxygen atoms in total. The maximum atomic E-state index is 13.3. The van der Waals surface area contributed by atoms with Gasteiger partial charge in [0.15, 0.2) is 5.78 Å². The lowest BCUT2D eigenvalue weighted by Crippen LogP contribution is -2.61. The summed E-state index contributed by atoms with van der Waals surface area (Å²) in [6.45, 7) is 13.9. The summed E-state index contributed by atoms with van der Waals surface area (Å²) in [5.74, 6) is -2.70. The van der Waals surface area contributed by atoms with E-state index in [2.05, 4.69) is 16.0 Å². The molecular formula is C27H48N4O7. The number of ketones is 1. The number of amides is 4. The van der Waals surface area contributed by atoms with Gasteiger partial charge in [0.1, 0.15) is 23.7 Å². The first-order valence-corrected chi connectivity index (χ1v) is 13.6. The fourth-order valence-corrected chi connectivity index (χ4v) is 4.23. The molecule has 4 N–H and O–H groups in total. The van der Waals surface area contributed by atoms with Crippen molar-refractivity contribution in [2.24, 2.45) is 17.8 Å². The second kappa shape index (κ2) is 14.6. The molecule has 0 aromatic rings. The van der Waals surface area contributed by atoms with Gasteiger partial charge in [-0.15, -0.1) is 0 Å². The number of likely N-dealkylation sites (N-methyl/N-ethyl adjacent to an activating group) is 1. The largest absolute Gasteiger partial charge is 0.394 e. The number of rotatable bonds is 16. The molecule has 0 unspecified atom stereocenters. The normalized spacial score (nSPS) is 21.3. The monoisotopic (exact) mass is 540 g/mol. The van der Waals surface area contributed by atoms with Gasteiger partial charge >= 0.3 is 0 Å². The van der Waals surface area contributed by atoms with Gasteiger partial charge in [-0.3, -0.25) is 24.0 Å². The minimum atomic E-state index is -1.33. The molecule has 0 aliphatic carbocycles. The molecule has 38 heavy (non-hydrogen) atoms. The lowest BCUT2D eigenvalue weighted by Gasteiger charge is -2.33. The van der Waals surface area contributed by atoms with E-state index in [-0.39, 0.29) is 36.1 Å². The van der Waals surface area contributed by atoms with Crippen LogP contribution in [0.2, 0.25) is 0 Å². The van der Waals surface area contributed by atoms with E-state index in [0.717, 1.165) is 0 Å². The van der Waals surface area contributed by atoms with Crippen LogP contribution in [0.4, 0.5) is 0 Å². The molecule has 1 aliphatic rings. The summed E-state index contributed by atoms with van der Waals surface area (Å²) in [6.07, 6.45) is 1.57. The number of carbonyl (C=O) groups excluding carboxylic acids is 5. The van der Waals surface area contributed by atoms with Crippen LogP contribution in [-0.2, 0) is 28.7 Å². The van der Waals surface area contributed by atoms with Gasteiger partial charge in [0, 0.05) is 14.0 Å². The molecule has 0 aromatic carbocycles. The summed E-state index contributed by atoms with van der Waals surface area (Å²) in [5.41, 5.74) is -0.935. The first-order chi connectivity index (χ1) is 17.6. The Labute approximate surface area is 226 Å². The molecule has 1 saturated heterocycles. The minimum Gasteiger partial charge on any atom is -0.394 e. The number of aliphatic hydroxyl groups is 1. The Bertz CT molecular complexity index is 858. The summed E-state index contributed by atoms with van der Waals surface area (Å²) < 4.78 is 5.25. The second-order valence-electron chi connectivity index (χ2n) is 11.2. The predicted octanol–water partition coefficient (Wildman–Crippen LogP) is 0.776. The number of nitrogens with zero attached hydrogens (tertiary/aromatic N) is 1. The highest BCUT2D eigenvalue weighted by molar-refractivity contribution is 5.98. The Morgan fingerprint density at radius 3 is 1.84 bits per heavy atom. The van der Waals surface area contributed by atoms with Crippen molar-refractivity contribution in [1.29, 1.82) is 0 Å². The summed E-state index contributed by atoms with van der Waals surface area (Å²) in [4.78, 5) is 65.8. The van der Waals surface area contributed by atoms with E-state index in [4.69, 9.17) is 4.74 Å². The average Bonchev–Trinajstić information content (AvgIpc) is 3.61. The van der Waals surface area contributed by atoms with Crippen molar-refractivity contribution >= 4 is 29.4 Å². The third-order valence-corrected chi connectivity index (χ3v) is 7.41. The van der Waals surface area contributed by atoms with Crippen molar-refractivity contribution in [3.05, 3.63) is 0 Å². The van der Waals surface area contributed by atoms with E-state index >= 15 is 0 Å². The number of hydrogen-bond acceptors (Lipinski definition) is 7. The fourth-order valence-electron chi connectivity index (χ4n) is 4.23. The number of hydrogen-bond donors (Lipinski definition) is 4. The van der Waals surface area contributed by atoms with Crippen molar-refractivity contribution in [3.63, 3.8) is 0 Å². The third kappa shape index (κ3) is 9.04. The molecule has 218 valence electrons. The number of aliphatic hydroxyl groups excluding tert-OH is 1. The van der Waals surface area contributed by atoms with Crippen molar-refractivity contribution in [2.45, 2.75) is 104 Å². The van der Waals surface area contributed by atoms with Crippen LogP contribution < -0.4 is 16.0 Å². The topological polar surface area (TPSA) is 157 Å². The molecule has 0 bridgehead atoms. The van der Waals surface area contributed by atoms with Gasteiger partial charge < -0.3 is 30.7 Å². The molecule has 11 heteroatoms. The van der Waals surface area contributed by atoms with Gasteiger partial charge in [-0.2, -0.15) is 0 Å². The minimum absolute atomic E-state index is 0.102. The predicted molar refractivity (Wildman–Crippen MR) is 143 cm³/mol. The maximum absolute atomic E-state index is 13.3. The van der Waals surface area contributed by atoms with Crippen molar-refractivity contribution in [1.82, 2.24) is 20.9 Å². The summed E-state index contributed by atoms with van der Waals surface area (Å²) >= 11 is 0. The highest BCUT2D eigenvalue weighted by Gasteiger charge is 2.50. The van der Waals surface area contributed by atoms with E-state index in [1.165, 1.54) is 11.8 Å². The molecular weight excluding hydrogens is 492 g/mol. The average molecular weight is 541 g/mol. The molecule has 7 atom stereocenters. The van der Waals surface area contributed by atoms with Crippen LogP contribution in [0.25, 0.3) is 0 Å². The number of nitrogens with one attached hydrogen (secondary N) is 3. The number of carbonyl (C=O) groups is 5. The van der Waals surface area contributed by atoms with E-state index in [0.29, 0.717) is 19.3 Å². The Morgan fingerprint density at radius 1 is 0.895 bits per heavy atom. The Kier molecular flexibility index (Phi) is 12.8. The fraction of sp³-hybridized carbons (Fsp3) is 0.815. The molecule has 1 aliphatic heterocycles. The Balaban J connectivity index is 3.06. The first-order valence-electron chi connectivity index (χ1n) is 13.6. The zero-order valence-electron chi connectivity index (χ0n) is 24.4. The molecule has 1 fully saturated rings. The van der Waals surface area contributed by atoms with Crippen LogP contribution in [0.3, 0.4) is 0 Å². The molecule has 0 radical (unpaired) electrons. The van der Waals surface area contributed by atoms with Crippen molar-refractivity contribution < 1.29 is 33.8 Å². The van der Waals surface area contributed by atoms with Gasteiger partial charge in [0.05, 0.1) is 19.3 Å². The summed E-state index contributed by atoms with van der Waals surface area (Å²) in [7, 11) is 1.55. The Hall–Kier alpha value is -2.53. The van der Waals surface area contributed by atoms with Crippen molar-refractivity contribution in [2.75, 3.05) is 20.3 Å². The standard InChI is InChI=1S/C27H48N4O7/c1-10-16(5)21(30-26(37)22(17(6)11-2)31(9)18(7)33)25(36)29-20(13-32)24(35)28-19(12-15(3)4)23(34)27(8)14-38-27/h15-17,19-22,32H,10-14H2,1-9H3,(H,28,35)(H,29,36)(H,30,37)/t16-,17-,19-,20-,21-,22-,27+/m0/s1. The van der Waals surface area contributed by atoms with Crippen LogP contribution in [0.1, 0.15) is 74.7 Å². The van der Waals surface area contributed by atoms with Crippen LogP contribution in [-0.4, -0.2) is 89.4 Å². The maximum Gasteiger partial charge on any atom is 0.245 e. The van der Waals surface area contributed by atoms with E-state index < -0.39 is 54.1 Å². The van der Waals surface area contributed by atoms with Gasteiger partial charge in [-0.25, -0.2) is 0 Å². The SMILES string of the molecule is CC[C@H](C)[C@H](NC(=O)[C@H]([C@@H](C)CC)N(C)C(C)=O)C(=O)N[C@@H](CO)C(=O)N[C@@H](CC(C)C)C(=O)[C@@]1(C)CO1. The molecule has 0 spiro atoms. The summed E-state index contributed by atoms with van der Waals surface area (Å²) in [5, 5.41) is 17.9. The van der Waals surface area contributed by atoms with Crippen molar-refractivity contribution in [3.8, 4) is 0 Å². The molecule has 1 heterocycles. The second-order valence-corrected chi connectivity index (χ2v) is 11.2. The lowest BCUT2D eigenvalue weighted by atomic mass is 9.93. The van der Waals surface area contributed by atoms with E-state index in [1.807, 2.05) is 34.6 Å². The van der Waals surface area contributed by atoms with Crippen LogP contribution in [0.5, 0.6) is 0 Å². The van der Waals surface area contributed by atoms with Gasteiger partial charge in [0.2, 0.25) is 23.6 Å². The third-order valence-electron chi connectivity index (χ3n) is 7.41. The van der Waals surface area contributed by atoms with E-state index in [9.17, 15) is 29.1 Å². The smallest absolute Gasteiger partial charge is 0.245 e. The number of ether oxygens (including phenoxy) is 1. The van der Waals surface area contributed by atoms with Gasteiger partial charge in [-0.1, -0.05) is 54.4 Å². The van der Waals surface area contributed by atoms with Crippen LogP contribution in [0, 0.1) is 17.8 Å². The molecule has 0 aromatic heterocycles. The zero-order chi connectivity index (χ0) is 29.4. The number of epoxide rings is 1. The van der Waals surface area contributed by atoms with Gasteiger partial charge in [0.25, 0.3) is 0 Å². The quantitative estimate of drug-likeness (QED) is 0.211. The van der Waals surface area contributed by atoms with E-state index in [1.54, 1.807) is 20.9 Å². The number of Topliss-reactive ketones (excluding diaryl/α,β-unsaturated/α-hetero) is 1. The highest BCUT2D eigenvalue weighted by atomic mass is 16.6. The Morgan fingerprint density at radius 2 is 1.42 bits per heavy atom. The molecule has 4 amide bonds.